The lowest BCUT2D eigenvalue weighted by atomic mass is 9.99. The summed E-state index contributed by atoms with van der Waals surface area (Å²) in [4.78, 5) is 25.5. The number of alkyl carbamates (subject to hydrolysis) is 1. The molecule has 0 radical (unpaired) electrons. The lowest BCUT2D eigenvalue weighted by Gasteiger charge is -2.21. The van der Waals surface area contributed by atoms with Gasteiger partial charge >= 0.3 is 12.3 Å². The number of alkyl halides is 3. The monoisotopic (exact) mass is 471 g/mol. The number of anilines is 1. The molecule has 0 saturated carbocycles. The maximum Gasteiger partial charge on any atom is 0.416 e. The number of hydrogen-bond acceptors (Lipinski definition) is 4. The van der Waals surface area contributed by atoms with Crippen LogP contribution in [0, 0.1) is 6.92 Å². The Morgan fingerprint density at radius 2 is 1.68 bits per heavy atom. The number of rotatable bonds is 7. The average molecular weight is 471 g/mol. The first-order valence-electron chi connectivity index (χ1n) is 10.4. The molecular formula is C25H24F3N3O3. The number of nitrogens with two attached hydrogens (primary N) is 1. The average Bonchev–Trinajstić information content (AvgIpc) is 2.81. The van der Waals surface area contributed by atoms with Crippen molar-refractivity contribution >= 4 is 17.7 Å². The number of benzene rings is 3. The van der Waals surface area contributed by atoms with Crippen LogP contribution >= 0.6 is 0 Å². The Morgan fingerprint density at radius 3 is 2.35 bits per heavy atom. The van der Waals surface area contributed by atoms with Crippen molar-refractivity contribution in [3.05, 3.63) is 101 Å². The van der Waals surface area contributed by atoms with Crippen molar-refractivity contribution in [2.45, 2.75) is 32.3 Å². The minimum absolute atomic E-state index is 0.00212. The van der Waals surface area contributed by atoms with Crippen molar-refractivity contribution in [2.75, 3.05) is 5.32 Å². The maximum atomic E-state index is 13.5. The molecule has 3 rings (SSSR count). The molecule has 9 heteroatoms. The molecule has 0 unspecified atom stereocenters. The van der Waals surface area contributed by atoms with Gasteiger partial charge in [-0.1, -0.05) is 54.6 Å². The van der Waals surface area contributed by atoms with E-state index in [4.69, 9.17) is 10.5 Å². The van der Waals surface area contributed by atoms with Crippen LogP contribution in [-0.4, -0.2) is 12.0 Å². The molecule has 0 spiro atoms. The summed E-state index contributed by atoms with van der Waals surface area (Å²) in [6.07, 6.45) is -5.57. The van der Waals surface area contributed by atoms with Crippen molar-refractivity contribution < 1.29 is 27.5 Å². The highest BCUT2D eigenvalue weighted by Crippen LogP contribution is 2.33. The number of hydrogen-bond donors (Lipinski definition) is 3. The van der Waals surface area contributed by atoms with E-state index < -0.39 is 29.8 Å². The number of ether oxygens (including phenoxy) is 1. The summed E-state index contributed by atoms with van der Waals surface area (Å²) >= 11 is 0. The molecule has 0 fully saturated rings. The number of carbonyl (C=O) groups is 2. The van der Waals surface area contributed by atoms with Gasteiger partial charge in [-0.3, -0.25) is 4.79 Å². The minimum Gasteiger partial charge on any atom is -0.445 e. The number of carbonyl (C=O) groups excluding carboxylic acids is 2. The van der Waals surface area contributed by atoms with E-state index in [1.807, 2.05) is 0 Å². The van der Waals surface area contributed by atoms with Crippen LogP contribution in [0.5, 0.6) is 0 Å². The van der Waals surface area contributed by atoms with Gasteiger partial charge in [0, 0.05) is 12.2 Å². The summed E-state index contributed by atoms with van der Waals surface area (Å²) in [7, 11) is 0. The first-order valence-corrected chi connectivity index (χ1v) is 10.4. The zero-order valence-corrected chi connectivity index (χ0v) is 18.4. The zero-order chi connectivity index (χ0) is 24.7. The summed E-state index contributed by atoms with van der Waals surface area (Å²) in [5.74, 6) is -0.734. The summed E-state index contributed by atoms with van der Waals surface area (Å²) in [5, 5.41) is 5.01. The van der Waals surface area contributed by atoms with Gasteiger partial charge in [0.25, 0.3) is 5.91 Å². The summed E-state index contributed by atoms with van der Waals surface area (Å²) < 4.78 is 45.6. The highest BCUT2D eigenvalue weighted by molar-refractivity contribution is 5.97. The van der Waals surface area contributed by atoms with Crippen LogP contribution in [0.2, 0.25) is 0 Å². The van der Waals surface area contributed by atoms with Gasteiger partial charge in [-0.15, -0.1) is 0 Å². The molecule has 0 aromatic heterocycles. The van der Waals surface area contributed by atoms with Crippen molar-refractivity contribution in [1.29, 1.82) is 0 Å². The maximum absolute atomic E-state index is 13.5. The van der Waals surface area contributed by atoms with Gasteiger partial charge in [0.2, 0.25) is 0 Å². The molecule has 3 aromatic carbocycles. The van der Waals surface area contributed by atoms with E-state index in [1.54, 1.807) is 54.6 Å². The van der Waals surface area contributed by atoms with E-state index in [0.29, 0.717) is 11.3 Å². The molecule has 178 valence electrons. The van der Waals surface area contributed by atoms with Crippen LogP contribution in [0.3, 0.4) is 0 Å². The third-order valence-electron chi connectivity index (χ3n) is 5.07. The van der Waals surface area contributed by atoms with Gasteiger partial charge in [-0.2, -0.15) is 13.2 Å². The fourth-order valence-corrected chi connectivity index (χ4v) is 3.30. The minimum atomic E-state index is -4.62. The van der Waals surface area contributed by atoms with Gasteiger partial charge in [0.1, 0.15) is 12.6 Å². The van der Waals surface area contributed by atoms with Crippen LogP contribution in [0.4, 0.5) is 23.7 Å². The highest BCUT2D eigenvalue weighted by atomic mass is 19.4. The highest BCUT2D eigenvalue weighted by Gasteiger charge is 2.34. The second-order valence-corrected chi connectivity index (χ2v) is 7.60. The van der Waals surface area contributed by atoms with Crippen molar-refractivity contribution in [3.8, 4) is 0 Å². The van der Waals surface area contributed by atoms with Crippen LogP contribution in [-0.2, 0) is 28.9 Å². The fraction of sp³-hybridized carbons (Fsp3) is 0.200. The molecule has 0 bridgehead atoms. The first-order chi connectivity index (χ1) is 16.2. The smallest absolute Gasteiger partial charge is 0.416 e. The molecule has 0 saturated heterocycles. The fourth-order valence-electron chi connectivity index (χ4n) is 3.30. The van der Waals surface area contributed by atoms with Crippen LogP contribution < -0.4 is 16.4 Å². The largest absolute Gasteiger partial charge is 0.445 e. The second-order valence-electron chi connectivity index (χ2n) is 7.60. The Kier molecular flexibility index (Phi) is 7.91. The van der Waals surface area contributed by atoms with E-state index in [-0.39, 0.29) is 24.3 Å². The Morgan fingerprint density at radius 1 is 0.971 bits per heavy atom. The second kappa shape index (κ2) is 10.8. The van der Waals surface area contributed by atoms with Crippen LogP contribution in [0.25, 0.3) is 0 Å². The van der Waals surface area contributed by atoms with Gasteiger partial charge in [-0.25, -0.2) is 4.79 Å². The molecule has 4 N–H and O–H groups in total. The normalized spacial score (nSPS) is 12.0. The van der Waals surface area contributed by atoms with Crippen LogP contribution in [0.15, 0.2) is 72.8 Å². The summed E-state index contributed by atoms with van der Waals surface area (Å²) in [6.45, 7) is 1.49. The van der Waals surface area contributed by atoms with E-state index in [9.17, 15) is 22.8 Å². The third kappa shape index (κ3) is 6.58. The van der Waals surface area contributed by atoms with Gasteiger partial charge in [0.05, 0.1) is 5.56 Å². The molecule has 0 heterocycles. The van der Waals surface area contributed by atoms with Crippen molar-refractivity contribution in [2.24, 2.45) is 5.73 Å². The lowest BCUT2D eigenvalue weighted by Crippen LogP contribution is -2.37. The summed E-state index contributed by atoms with van der Waals surface area (Å²) in [6, 6.07) is 17.6. The predicted molar refractivity (Wildman–Crippen MR) is 122 cm³/mol. The molecule has 1 atom stereocenters. The number of aryl methyl sites for hydroxylation is 1. The third-order valence-corrected chi connectivity index (χ3v) is 5.07. The van der Waals surface area contributed by atoms with Crippen molar-refractivity contribution in [1.82, 2.24) is 5.32 Å². The van der Waals surface area contributed by atoms with Gasteiger partial charge in [0.15, 0.2) is 0 Å². The number of amides is 2. The first kappa shape index (κ1) is 24.8. The van der Waals surface area contributed by atoms with E-state index in [2.05, 4.69) is 10.6 Å². The SMILES string of the molecule is Cc1ccc([C@@H](NC(=O)OCc2ccccc2)C(=O)Nc2cccc(CN)c2)cc1C(F)(F)F. The molecule has 3 aromatic rings. The van der Waals surface area contributed by atoms with Crippen molar-refractivity contribution in [3.63, 3.8) is 0 Å². The van der Waals surface area contributed by atoms with Gasteiger partial charge in [-0.05, 0) is 47.4 Å². The zero-order valence-electron chi connectivity index (χ0n) is 18.4. The lowest BCUT2D eigenvalue weighted by molar-refractivity contribution is -0.138. The molecule has 0 aliphatic carbocycles. The quantitative estimate of drug-likeness (QED) is 0.448. The Hall–Kier alpha value is -3.85. The number of halogens is 3. The van der Waals surface area contributed by atoms with E-state index >= 15 is 0 Å². The molecule has 6 nitrogen and oxygen atoms in total. The number of nitrogens with one attached hydrogen (secondary N) is 2. The Bertz CT molecular complexity index is 1150. The van der Waals surface area contributed by atoms with Crippen LogP contribution in [0.1, 0.15) is 33.9 Å². The molecule has 0 aliphatic rings. The molecule has 2 amide bonds. The van der Waals surface area contributed by atoms with E-state index in [0.717, 1.165) is 11.6 Å². The summed E-state index contributed by atoms with van der Waals surface area (Å²) in [5.41, 5.74) is 6.54. The molecule has 0 aliphatic heterocycles. The molecular weight excluding hydrogens is 447 g/mol. The van der Waals surface area contributed by atoms with E-state index in [1.165, 1.54) is 19.1 Å². The Balaban J connectivity index is 1.86. The predicted octanol–water partition coefficient (Wildman–Crippen LogP) is 5.08. The Labute approximate surface area is 194 Å². The topological polar surface area (TPSA) is 93.4 Å². The van der Waals surface area contributed by atoms with Gasteiger partial charge < -0.3 is 21.1 Å². The molecule has 34 heavy (non-hydrogen) atoms. The standard InChI is InChI=1S/C25H24F3N3O3/c1-16-10-11-19(13-21(16)25(26,27)28)22(23(32)30-20-9-5-8-18(12-20)14-29)31-24(33)34-15-17-6-3-2-4-7-17/h2-13,22H,14-15,29H2,1H3,(H,30,32)(H,31,33)/t22-/m1/s1.